The average Bonchev–Trinajstić information content (AvgIpc) is 2.47. The Kier molecular flexibility index (Phi) is 5.78. The first kappa shape index (κ1) is 19.7. The van der Waals surface area contributed by atoms with Crippen molar-refractivity contribution in [3.8, 4) is 0 Å². The topological polar surface area (TPSA) is 109 Å². The van der Waals surface area contributed by atoms with E-state index in [4.69, 9.17) is 0 Å². The molecule has 0 unspecified atom stereocenters. The summed E-state index contributed by atoms with van der Waals surface area (Å²) in [5.41, 5.74) is 0.938. The van der Waals surface area contributed by atoms with Crippen LogP contribution in [0.1, 0.15) is 31.2 Å². The zero-order chi connectivity index (χ0) is 18.8. The average molecular weight is 389 g/mol. The second-order valence-corrected chi connectivity index (χ2v) is 10.9. The second-order valence-electron chi connectivity index (χ2n) is 6.61. The number of amides is 2. The molecule has 2 atom stereocenters. The molecule has 9 heteroatoms. The number of urea groups is 1. The fourth-order valence-corrected chi connectivity index (χ4v) is 5.58. The molecule has 1 fully saturated rings. The number of aryl methyl sites for hydroxylation is 1. The Morgan fingerprint density at radius 3 is 2.32 bits per heavy atom. The van der Waals surface area contributed by atoms with Crippen LogP contribution >= 0.6 is 0 Å². The van der Waals surface area contributed by atoms with Gasteiger partial charge in [-0.1, -0.05) is 18.9 Å². The molecular weight excluding hydrogens is 364 g/mol. The van der Waals surface area contributed by atoms with Crippen LogP contribution in [0.25, 0.3) is 0 Å². The molecule has 0 saturated heterocycles. The molecule has 0 radical (unpaired) electrons. The van der Waals surface area contributed by atoms with Gasteiger partial charge in [-0.2, -0.15) is 0 Å². The summed E-state index contributed by atoms with van der Waals surface area (Å²) in [6.45, 7) is 1.68. The van der Waals surface area contributed by atoms with Crippen molar-refractivity contribution < 1.29 is 21.6 Å². The smallest absolute Gasteiger partial charge is 0.319 e. The Morgan fingerprint density at radius 1 is 1.08 bits per heavy atom. The lowest BCUT2D eigenvalue weighted by Crippen LogP contribution is -2.49. The zero-order valence-electron chi connectivity index (χ0n) is 14.6. The SMILES string of the molecule is Cc1ccc(NC(=O)N[C@@H]2CCCC[C@H]2S(C)(=O)=O)cc1S(C)(=O)=O. The van der Waals surface area contributed by atoms with Crippen LogP contribution in [0, 0.1) is 6.92 Å². The summed E-state index contributed by atoms with van der Waals surface area (Å²) >= 11 is 0. The van der Waals surface area contributed by atoms with Crippen molar-refractivity contribution in [2.75, 3.05) is 17.8 Å². The van der Waals surface area contributed by atoms with E-state index in [2.05, 4.69) is 10.6 Å². The van der Waals surface area contributed by atoms with E-state index in [9.17, 15) is 21.6 Å². The molecule has 2 rings (SSSR count). The maximum absolute atomic E-state index is 12.2. The molecule has 0 heterocycles. The van der Waals surface area contributed by atoms with Gasteiger partial charge in [-0.15, -0.1) is 0 Å². The third kappa shape index (κ3) is 5.18. The van der Waals surface area contributed by atoms with E-state index in [1.807, 2.05) is 0 Å². The fraction of sp³-hybridized carbons (Fsp3) is 0.562. The summed E-state index contributed by atoms with van der Waals surface area (Å²) in [5, 5.41) is 4.72. The van der Waals surface area contributed by atoms with Gasteiger partial charge in [0.2, 0.25) is 0 Å². The van der Waals surface area contributed by atoms with Crippen LogP contribution in [0.15, 0.2) is 23.1 Å². The molecule has 140 valence electrons. The van der Waals surface area contributed by atoms with Gasteiger partial charge < -0.3 is 10.6 Å². The van der Waals surface area contributed by atoms with Crippen LogP contribution < -0.4 is 10.6 Å². The predicted molar refractivity (Wildman–Crippen MR) is 97.3 cm³/mol. The summed E-state index contributed by atoms with van der Waals surface area (Å²) in [7, 11) is -6.65. The van der Waals surface area contributed by atoms with Crippen LogP contribution in [0.2, 0.25) is 0 Å². The lowest BCUT2D eigenvalue weighted by Gasteiger charge is -2.30. The summed E-state index contributed by atoms with van der Waals surface area (Å²) in [5.74, 6) is 0. The number of sulfone groups is 2. The first-order valence-corrected chi connectivity index (χ1v) is 11.9. The predicted octanol–water partition coefficient (Wildman–Crippen LogP) is 1.88. The Hall–Kier alpha value is -1.61. The van der Waals surface area contributed by atoms with Gasteiger partial charge in [0.15, 0.2) is 19.7 Å². The van der Waals surface area contributed by atoms with Crippen LogP contribution in [-0.4, -0.2) is 46.7 Å². The number of carbonyl (C=O) groups excluding carboxylic acids is 1. The van der Waals surface area contributed by atoms with Crippen molar-refractivity contribution in [1.82, 2.24) is 5.32 Å². The Labute approximate surface area is 149 Å². The van der Waals surface area contributed by atoms with Crippen molar-refractivity contribution in [2.45, 2.75) is 48.8 Å². The lowest BCUT2D eigenvalue weighted by molar-refractivity contribution is 0.244. The highest BCUT2D eigenvalue weighted by molar-refractivity contribution is 7.91. The monoisotopic (exact) mass is 388 g/mol. The fourth-order valence-electron chi connectivity index (χ4n) is 3.19. The summed E-state index contributed by atoms with van der Waals surface area (Å²) < 4.78 is 47.3. The normalized spacial score (nSPS) is 21.6. The van der Waals surface area contributed by atoms with Crippen LogP contribution in [0.5, 0.6) is 0 Å². The number of anilines is 1. The van der Waals surface area contributed by atoms with E-state index in [0.29, 0.717) is 24.1 Å². The van der Waals surface area contributed by atoms with E-state index in [0.717, 1.165) is 19.1 Å². The van der Waals surface area contributed by atoms with Crippen molar-refractivity contribution in [1.29, 1.82) is 0 Å². The molecule has 1 aliphatic carbocycles. The van der Waals surface area contributed by atoms with E-state index in [1.54, 1.807) is 19.1 Å². The van der Waals surface area contributed by atoms with E-state index in [-0.39, 0.29) is 4.90 Å². The Balaban J connectivity index is 2.12. The molecule has 0 aliphatic heterocycles. The standard InChI is InChI=1S/C16H24N2O5S2/c1-11-8-9-12(10-15(11)25(3,22)23)17-16(19)18-13-6-4-5-7-14(13)24(2,20)21/h8-10,13-14H,4-7H2,1-3H3,(H2,17,18,19)/t13-,14-/m1/s1. The van der Waals surface area contributed by atoms with Gasteiger partial charge >= 0.3 is 6.03 Å². The summed E-state index contributed by atoms with van der Waals surface area (Å²) in [6.07, 6.45) is 5.12. The lowest BCUT2D eigenvalue weighted by atomic mass is 9.95. The van der Waals surface area contributed by atoms with E-state index >= 15 is 0 Å². The van der Waals surface area contributed by atoms with Crippen LogP contribution in [-0.2, 0) is 19.7 Å². The van der Waals surface area contributed by atoms with Gasteiger partial charge in [0.05, 0.1) is 10.1 Å². The van der Waals surface area contributed by atoms with Crippen LogP contribution in [0.4, 0.5) is 10.5 Å². The van der Waals surface area contributed by atoms with Crippen molar-refractivity contribution in [3.05, 3.63) is 23.8 Å². The van der Waals surface area contributed by atoms with Gasteiger partial charge in [-0.05, 0) is 37.5 Å². The van der Waals surface area contributed by atoms with Crippen LogP contribution in [0.3, 0.4) is 0 Å². The van der Waals surface area contributed by atoms with Gasteiger partial charge in [-0.3, -0.25) is 0 Å². The third-order valence-corrected chi connectivity index (χ3v) is 7.32. The van der Waals surface area contributed by atoms with Gasteiger partial charge in [-0.25, -0.2) is 21.6 Å². The molecular formula is C16H24N2O5S2. The molecule has 25 heavy (non-hydrogen) atoms. The van der Waals surface area contributed by atoms with E-state index in [1.165, 1.54) is 12.3 Å². The molecule has 0 bridgehead atoms. The number of hydrogen-bond acceptors (Lipinski definition) is 5. The molecule has 0 aromatic heterocycles. The third-order valence-electron chi connectivity index (χ3n) is 4.41. The molecule has 1 aromatic rings. The zero-order valence-corrected chi connectivity index (χ0v) is 16.2. The summed E-state index contributed by atoms with van der Waals surface area (Å²) in [4.78, 5) is 12.4. The molecule has 7 nitrogen and oxygen atoms in total. The van der Waals surface area contributed by atoms with E-state index < -0.39 is 37.0 Å². The maximum Gasteiger partial charge on any atom is 0.319 e. The Morgan fingerprint density at radius 2 is 1.72 bits per heavy atom. The minimum atomic E-state index is -3.40. The van der Waals surface area contributed by atoms with Gasteiger partial charge in [0.25, 0.3) is 0 Å². The van der Waals surface area contributed by atoms with Gasteiger partial charge in [0, 0.05) is 24.2 Å². The minimum Gasteiger partial charge on any atom is -0.334 e. The highest BCUT2D eigenvalue weighted by Crippen LogP contribution is 2.24. The van der Waals surface area contributed by atoms with Gasteiger partial charge in [0.1, 0.15) is 0 Å². The molecule has 0 spiro atoms. The Bertz CT molecular complexity index is 863. The highest BCUT2D eigenvalue weighted by Gasteiger charge is 2.33. The largest absolute Gasteiger partial charge is 0.334 e. The molecule has 1 aliphatic rings. The number of benzene rings is 1. The van der Waals surface area contributed by atoms with Crippen molar-refractivity contribution in [3.63, 3.8) is 0 Å². The molecule has 2 N–H and O–H groups in total. The molecule has 2 amide bonds. The van der Waals surface area contributed by atoms with Crippen molar-refractivity contribution in [2.24, 2.45) is 0 Å². The number of carbonyl (C=O) groups is 1. The first-order valence-electron chi connectivity index (χ1n) is 8.05. The van der Waals surface area contributed by atoms with Crippen molar-refractivity contribution >= 4 is 31.4 Å². The first-order chi connectivity index (χ1) is 11.5. The summed E-state index contributed by atoms with van der Waals surface area (Å²) in [6, 6.07) is 3.65. The maximum atomic E-state index is 12.2. The number of rotatable bonds is 4. The molecule has 1 saturated carbocycles. The number of nitrogens with one attached hydrogen (secondary N) is 2. The molecule has 1 aromatic carbocycles. The highest BCUT2D eigenvalue weighted by atomic mass is 32.2. The second kappa shape index (κ2) is 7.33. The minimum absolute atomic E-state index is 0.150. The quantitative estimate of drug-likeness (QED) is 0.818. The number of hydrogen-bond donors (Lipinski definition) is 2.